The minimum Gasteiger partial charge on any atom is -0.660 e. The van der Waals surface area contributed by atoms with Crippen molar-refractivity contribution in [2.24, 2.45) is 5.92 Å². The maximum Gasteiger partial charge on any atom is 4.00 e. The molecule has 3 aromatic heterocycles. The minimum atomic E-state index is -0.866. The first-order valence-corrected chi connectivity index (χ1v) is 17.3. The zero-order valence-corrected chi connectivity index (χ0v) is 28.7. The molecule has 7 rings (SSSR count). The molecule has 3 aromatic rings. The van der Waals surface area contributed by atoms with Crippen molar-refractivity contribution in [3.05, 3.63) is 83.6 Å². The van der Waals surface area contributed by atoms with E-state index in [1.807, 2.05) is 19.9 Å². The van der Waals surface area contributed by atoms with E-state index in [0.717, 1.165) is 61.8 Å². The largest absolute Gasteiger partial charge is 4.00 e. The number of carboxylic acid groups (broad SMARTS) is 2. The second-order valence-electron chi connectivity index (χ2n) is 12.4. The van der Waals surface area contributed by atoms with E-state index in [9.17, 15) is 19.8 Å². The first kappa shape index (κ1) is 32.0. The first-order valence-electron chi connectivity index (χ1n) is 15.1. The van der Waals surface area contributed by atoms with Gasteiger partial charge in [-0.05, 0) is 69.6 Å². The molecule has 4 aliphatic rings. The van der Waals surface area contributed by atoms with Crippen LogP contribution in [-0.4, -0.2) is 37.9 Å². The third-order valence-corrected chi connectivity index (χ3v) is 12.7. The van der Waals surface area contributed by atoms with E-state index >= 15 is 0 Å². The molecular weight excluding hydrogens is 648 g/mol. The Labute approximate surface area is 281 Å². The zero-order chi connectivity index (χ0) is 31.1. The van der Waals surface area contributed by atoms with E-state index in [0.29, 0.717) is 34.4 Å². The Morgan fingerprint density at radius 3 is 2.04 bits per heavy atom. The predicted molar refractivity (Wildman–Crippen MR) is 178 cm³/mol. The Bertz CT molecular complexity index is 1930. The number of aliphatic carboxylic acids is 2. The molecule has 4 atom stereocenters. The van der Waals surface area contributed by atoms with E-state index in [1.165, 1.54) is 34.7 Å². The number of rotatable bonds is 7. The van der Waals surface area contributed by atoms with Crippen LogP contribution in [0.15, 0.2) is 11.4 Å². The zero-order valence-electron chi connectivity index (χ0n) is 25.8. The number of carboxylic acids is 2. The Balaban J connectivity index is 0.00000357. The summed E-state index contributed by atoms with van der Waals surface area (Å²) in [5, 5.41) is 26.7. The SMILES string of the molecule is Cc1c2[n-]c(c1CCC(=O)O)/C=c1\[n-]/c(c(C)c1CCC(=O)O)=C\c1[n-]c(c(C)c1[C@@H]1C[SH+]1)/C=C1\[N-]/C(=C\2)C(C)[C@]12[SH+][C@H]2C.[Fe+4]. The minimum absolute atomic E-state index is 0. The Morgan fingerprint density at radius 1 is 0.822 bits per heavy atom. The second kappa shape index (κ2) is 11.7. The van der Waals surface area contributed by atoms with Crippen LogP contribution < -0.4 is 25.7 Å². The number of carbonyl (C=O) groups is 2. The van der Waals surface area contributed by atoms with E-state index in [-0.39, 0.29) is 40.6 Å². The summed E-state index contributed by atoms with van der Waals surface area (Å²) >= 11 is 2.78. The summed E-state index contributed by atoms with van der Waals surface area (Å²) in [4.78, 5) is 38.5. The van der Waals surface area contributed by atoms with Crippen LogP contribution in [0.4, 0.5) is 0 Å². The monoisotopic (exact) mass is 684 g/mol. The molecule has 7 heterocycles. The van der Waals surface area contributed by atoms with E-state index in [1.54, 1.807) is 0 Å². The van der Waals surface area contributed by atoms with Crippen molar-refractivity contribution in [2.45, 2.75) is 75.5 Å². The number of hydrogen-bond acceptors (Lipinski definition) is 2. The van der Waals surface area contributed by atoms with Gasteiger partial charge in [-0.1, -0.05) is 64.7 Å². The van der Waals surface area contributed by atoms with Crippen LogP contribution in [0.3, 0.4) is 0 Å². The van der Waals surface area contributed by atoms with Gasteiger partial charge in [0, 0.05) is 18.8 Å². The molecular formula is C34H36FeN4O4S2+2. The molecule has 0 amide bonds. The molecule has 8 bridgehead atoms. The summed E-state index contributed by atoms with van der Waals surface area (Å²) in [5.41, 5.74) is 11.5. The summed E-state index contributed by atoms with van der Waals surface area (Å²) in [5.74, 6) is -0.401. The smallest absolute Gasteiger partial charge is 0.660 e. The summed E-state index contributed by atoms with van der Waals surface area (Å²) in [7, 11) is 0. The average molecular weight is 685 g/mol. The van der Waals surface area contributed by atoms with Crippen molar-refractivity contribution in [3.8, 4) is 0 Å². The average Bonchev–Trinajstić information content (AvgIpc) is 3.81. The van der Waals surface area contributed by atoms with Gasteiger partial charge in [-0.2, -0.15) is 5.70 Å². The standard InChI is InChI=1S/C34H34N4O4S2.Fe/c1-15-20(6-8-31(39)40)26-12-27-21(7-9-32(41)42)16(2)23(36-27)11-28-33(29-14-43-29)17(3)24(37-28)13-30-34(19(5)44-34)18(4)25(38-30)10-22(15)35-26;/h10-13,18-19,29H,6-9,14H2,1-5H3,(H,39,40)(H,41,42);/q-4;+4/p+2/b23-11-,25-10-,27-12-,30-13-;/t18?,19-,29-,34+;/m0./s1. The van der Waals surface area contributed by atoms with E-state index in [4.69, 9.17) is 20.3 Å². The molecule has 3 fully saturated rings. The van der Waals surface area contributed by atoms with Gasteiger partial charge in [-0.3, -0.25) is 9.59 Å². The number of aromatic nitrogens is 3. The maximum absolute atomic E-state index is 11.6. The molecule has 8 nitrogen and oxygen atoms in total. The molecule has 234 valence electrons. The quantitative estimate of drug-likeness (QED) is 0.170. The van der Waals surface area contributed by atoms with Crippen LogP contribution in [0.5, 0.6) is 0 Å². The summed E-state index contributed by atoms with van der Waals surface area (Å²) in [6.45, 7) is 10.7. The Hall–Kier alpha value is -2.98. The number of hydrogen-bond donors (Lipinski definition) is 2. The molecule has 0 saturated carbocycles. The van der Waals surface area contributed by atoms with Gasteiger partial charge >= 0.3 is 29.0 Å². The number of thiol groups is 2. The third kappa shape index (κ3) is 5.45. The summed E-state index contributed by atoms with van der Waals surface area (Å²) in [6.07, 6.45) is 8.91. The molecule has 1 spiro atoms. The van der Waals surface area contributed by atoms with Gasteiger partial charge in [-0.25, -0.2) is 0 Å². The number of allylic oxidation sites excluding steroid dienone is 1. The molecule has 3 saturated heterocycles. The van der Waals surface area contributed by atoms with Crippen LogP contribution in [0.25, 0.3) is 29.6 Å². The third-order valence-electron chi connectivity index (χ3n) is 9.80. The number of fused-ring (bicyclic) bond motifs is 9. The molecule has 1 unspecified atom stereocenters. The predicted octanol–water partition coefficient (Wildman–Crippen LogP) is 2.72. The molecule has 45 heavy (non-hydrogen) atoms. The second-order valence-corrected chi connectivity index (χ2v) is 15.5. The van der Waals surface area contributed by atoms with Crippen molar-refractivity contribution < 1.29 is 36.9 Å². The molecule has 0 aromatic carbocycles. The fourth-order valence-corrected chi connectivity index (χ4v) is 9.35. The Morgan fingerprint density at radius 2 is 1.42 bits per heavy atom. The van der Waals surface area contributed by atoms with Crippen LogP contribution in [0.1, 0.15) is 88.1 Å². The van der Waals surface area contributed by atoms with Gasteiger partial charge in [0.2, 0.25) is 0 Å². The van der Waals surface area contributed by atoms with Crippen LogP contribution in [-0.2, 0) is 63.0 Å². The summed E-state index contributed by atoms with van der Waals surface area (Å²) < 4.78 is -0.0357. The van der Waals surface area contributed by atoms with Crippen molar-refractivity contribution >= 4 is 59.8 Å². The van der Waals surface area contributed by atoms with Crippen molar-refractivity contribution in [1.82, 2.24) is 15.0 Å². The van der Waals surface area contributed by atoms with Crippen LogP contribution in [0.2, 0.25) is 0 Å². The maximum atomic E-state index is 11.6. The molecule has 0 aliphatic carbocycles. The fraction of sp³-hybridized carbons (Fsp3) is 0.412. The van der Waals surface area contributed by atoms with Gasteiger partial charge in [-0.15, -0.1) is 33.5 Å². The van der Waals surface area contributed by atoms with Crippen LogP contribution >= 0.6 is 0 Å². The topological polar surface area (TPSA) is 131 Å². The van der Waals surface area contributed by atoms with Gasteiger partial charge in [0.1, 0.15) is 0 Å². The van der Waals surface area contributed by atoms with Gasteiger partial charge in [0.05, 0.1) is 0 Å². The van der Waals surface area contributed by atoms with Gasteiger partial charge < -0.3 is 30.5 Å². The van der Waals surface area contributed by atoms with E-state index < -0.39 is 11.9 Å². The van der Waals surface area contributed by atoms with Crippen molar-refractivity contribution in [3.63, 3.8) is 0 Å². The number of nitrogens with zero attached hydrogens (tertiary/aromatic N) is 4. The molecule has 0 radical (unpaired) electrons. The summed E-state index contributed by atoms with van der Waals surface area (Å²) in [6, 6.07) is 0. The van der Waals surface area contributed by atoms with Crippen molar-refractivity contribution in [2.75, 3.05) is 5.75 Å². The molecule has 11 heteroatoms. The normalized spacial score (nSPS) is 28.0. The van der Waals surface area contributed by atoms with Crippen molar-refractivity contribution in [1.29, 1.82) is 0 Å². The van der Waals surface area contributed by atoms with E-state index in [2.05, 4.69) is 39.0 Å². The molecule has 4 aliphatic heterocycles. The molecule has 2 N–H and O–H groups in total. The fourth-order valence-electron chi connectivity index (χ4n) is 7.02. The first-order chi connectivity index (χ1) is 21.0. The van der Waals surface area contributed by atoms with Gasteiger partial charge in [0.25, 0.3) is 0 Å². The Kier molecular flexibility index (Phi) is 8.30. The van der Waals surface area contributed by atoms with Crippen LogP contribution in [0, 0.1) is 26.7 Å². The van der Waals surface area contributed by atoms with Gasteiger partial charge in [0.15, 0.2) is 21.0 Å².